The molecule has 0 saturated heterocycles. The predicted molar refractivity (Wildman–Crippen MR) is 117 cm³/mol. The lowest BCUT2D eigenvalue weighted by molar-refractivity contribution is 0.237. The molecule has 0 amide bonds. The van der Waals surface area contributed by atoms with Crippen LogP contribution in [0.1, 0.15) is 57.4 Å². The molecule has 4 nitrogen and oxygen atoms in total. The largest absolute Gasteiger partial charge is 0.496 e. The van der Waals surface area contributed by atoms with Crippen molar-refractivity contribution < 1.29 is 4.74 Å². The molecule has 2 heterocycles. The van der Waals surface area contributed by atoms with Gasteiger partial charge in [-0.25, -0.2) is 0 Å². The molecule has 0 bridgehead atoms. The third-order valence-electron chi connectivity index (χ3n) is 5.66. The van der Waals surface area contributed by atoms with Crippen molar-refractivity contribution >= 4 is 11.1 Å². The Hall–Kier alpha value is -2.75. The van der Waals surface area contributed by atoms with Gasteiger partial charge in [0.25, 0.3) is 0 Å². The molecular formula is C24H30N2O2. The maximum absolute atomic E-state index is 12.7. The average molecular weight is 379 g/mol. The van der Waals surface area contributed by atoms with Crippen molar-refractivity contribution in [1.29, 1.82) is 0 Å². The number of hydrogen-bond donors (Lipinski definition) is 1. The molecule has 0 fully saturated rings. The first-order valence-electron chi connectivity index (χ1n) is 9.60. The number of benzene rings is 1. The van der Waals surface area contributed by atoms with Crippen LogP contribution < -0.4 is 15.9 Å². The average Bonchev–Trinajstić information content (AvgIpc) is 2.64. The number of methoxy groups -OCH3 is 1. The Kier molecular flexibility index (Phi) is 5.00. The second-order valence-electron chi connectivity index (χ2n) is 8.77. The Bertz CT molecular complexity index is 1040. The van der Waals surface area contributed by atoms with E-state index in [0.29, 0.717) is 5.56 Å². The van der Waals surface area contributed by atoms with E-state index >= 15 is 0 Å². The van der Waals surface area contributed by atoms with Crippen LogP contribution in [-0.2, 0) is 6.42 Å². The molecule has 1 unspecified atom stereocenters. The van der Waals surface area contributed by atoms with Crippen LogP contribution in [0.15, 0.2) is 42.0 Å². The Labute approximate surface area is 167 Å². The van der Waals surface area contributed by atoms with Crippen LogP contribution >= 0.6 is 0 Å². The summed E-state index contributed by atoms with van der Waals surface area (Å²) in [6.45, 7) is 14.5. The Morgan fingerprint density at radius 3 is 2.46 bits per heavy atom. The first-order chi connectivity index (χ1) is 13.1. The van der Waals surface area contributed by atoms with Crippen LogP contribution in [0.25, 0.3) is 22.4 Å². The van der Waals surface area contributed by atoms with E-state index in [1.165, 1.54) is 5.56 Å². The van der Waals surface area contributed by atoms with E-state index < -0.39 is 0 Å². The summed E-state index contributed by atoms with van der Waals surface area (Å²) in [5.74, 6) is 0.759. The van der Waals surface area contributed by atoms with Crippen molar-refractivity contribution in [3.8, 4) is 17.0 Å². The molecule has 1 aliphatic heterocycles. The number of ether oxygens (including phenoxy) is 1. The summed E-state index contributed by atoms with van der Waals surface area (Å²) in [5, 5.41) is 0. The van der Waals surface area contributed by atoms with Gasteiger partial charge in [-0.3, -0.25) is 4.79 Å². The Morgan fingerprint density at radius 2 is 1.93 bits per heavy atom. The Balaban J connectivity index is 2.36. The van der Waals surface area contributed by atoms with Gasteiger partial charge >= 0.3 is 0 Å². The zero-order chi connectivity index (χ0) is 20.8. The molecule has 0 spiro atoms. The molecule has 1 aromatic heterocycles. The quantitative estimate of drug-likeness (QED) is 0.816. The molecule has 0 radical (unpaired) electrons. The predicted octanol–water partition coefficient (Wildman–Crippen LogP) is 5.02. The van der Waals surface area contributed by atoms with E-state index in [1.807, 2.05) is 26.1 Å². The molecule has 4 heteroatoms. The van der Waals surface area contributed by atoms with Gasteiger partial charge in [0.15, 0.2) is 5.43 Å². The minimum atomic E-state index is 0.000312. The highest BCUT2D eigenvalue weighted by atomic mass is 16.5. The fourth-order valence-corrected chi connectivity index (χ4v) is 3.97. The highest BCUT2D eigenvalue weighted by Gasteiger charge is 2.33. The van der Waals surface area contributed by atoms with Gasteiger partial charge < -0.3 is 15.0 Å². The van der Waals surface area contributed by atoms with Crippen LogP contribution in [0.4, 0.5) is 0 Å². The minimum Gasteiger partial charge on any atom is -0.496 e. The summed E-state index contributed by atoms with van der Waals surface area (Å²) < 4.78 is 7.89. The molecule has 0 saturated carbocycles. The number of nitrogens with zero attached hydrogens (tertiary/aromatic N) is 1. The number of fused-ring (bicyclic) bond motifs is 3. The lowest BCUT2D eigenvalue weighted by Crippen LogP contribution is -2.32. The number of nitrogens with two attached hydrogens (primary N) is 1. The lowest BCUT2D eigenvalue weighted by Gasteiger charge is -2.39. The van der Waals surface area contributed by atoms with E-state index in [0.717, 1.165) is 40.1 Å². The minimum absolute atomic E-state index is 0.000312. The third kappa shape index (κ3) is 3.28. The topological polar surface area (TPSA) is 57.2 Å². The van der Waals surface area contributed by atoms with Gasteiger partial charge in [0.05, 0.1) is 12.8 Å². The number of allylic oxidation sites excluding steroid dienone is 2. The zero-order valence-corrected chi connectivity index (χ0v) is 17.7. The summed E-state index contributed by atoms with van der Waals surface area (Å²) in [7, 11) is 1.66. The molecule has 1 aliphatic rings. The summed E-state index contributed by atoms with van der Waals surface area (Å²) in [5.41, 5.74) is 12.4. The van der Waals surface area contributed by atoms with Gasteiger partial charge in [0, 0.05) is 35.0 Å². The van der Waals surface area contributed by atoms with E-state index in [9.17, 15) is 4.79 Å². The molecule has 2 N–H and O–H groups in total. The monoisotopic (exact) mass is 378 g/mol. The van der Waals surface area contributed by atoms with Crippen molar-refractivity contribution in [2.75, 3.05) is 7.11 Å². The number of aromatic nitrogens is 1. The van der Waals surface area contributed by atoms with Crippen molar-refractivity contribution in [2.45, 2.75) is 47.1 Å². The van der Waals surface area contributed by atoms with Gasteiger partial charge in [0.2, 0.25) is 0 Å². The second kappa shape index (κ2) is 7.01. The van der Waals surface area contributed by atoms with Crippen LogP contribution in [0.3, 0.4) is 0 Å². The summed E-state index contributed by atoms with van der Waals surface area (Å²) in [6.07, 6.45) is 4.45. The van der Waals surface area contributed by atoms with E-state index in [-0.39, 0.29) is 16.9 Å². The van der Waals surface area contributed by atoms with Gasteiger partial charge in [0.1, 0.15) is 5.75 Å². The van der Waals surface area contributed by atoms with Gasteiger partial charge in [-0.2, -0.15) is 0 Å². The van der Waals surface area contributed by atoms with Crippen LogP contribution in [0.5, 0.6) is 5.75 Å². The summed E-state index contributed by atoms with van der Waals surface area (Å²) in [6, 6.07) is 6.15. The van der Waals surface area contributed by atoms with Crippen LogP contribution in [0, 0.1) is 5.41 Å². The third-order valence-corrected chi connectivity index (χ3v) is 5.66. The molecule has 148 valence electrons. The molecule has 1 atom stereocenters. The molecule has 28 heavy (non-hydrogen) atoms. The number of pyridine rings is 1. The van der Waals surface area contributed by atoms with Crippen molar-refractivity contribution in [2.24, 2.45) is 11.1 Å². The van der Waals surface area contributed by atoms with Crippen molar-refractivity contribution in [1.82, 2.24) is 4.57 Å². The molecule has 1 aromatic carbocycles. The zero-order valence-electron chi connectivity index (χ0n) is 17.7. The summed E-state index contributed by atoms with van der Waals surface area (Å²) in [4.78, 5) is 12.7. The second-order valence-corrected chi connectivity index (χ2v) is 8.77. The number of hydrogen-bond acceptors (Lipinski definition) is 3. The van der Waals surface area contributed by atoms with Crippen LogP contribution in [-0.4, -0.2) is 11.7 Å². The van der Waals surface area contributed by atoms with Crippen molar-refractivity contribution in [3.63, 3.8) is 0 Å². The Morgan fingerprint density at radius 1 is 1.25 bits per heavy atom. The standard InChI is InChI=1S/C24H30N2O2/c1-14(2)19-13-26-20(11-21(19)27)18-10-22(28-7)17(15(3)12-25)8-16(18)9-23(26)24(4,5)6/h8,10-13,23H,1,9,25H2,2-7H3/b15-12+. The smallest absolute Gasteiger partial charge is 0.189 e. The maximum Gasteiger partial charge on any atom is 0.189 e. The van der Waals surface area contributed by atoms with E-state index in [1.54, 1.807) is 19.4 Å². The fraction of sp³-hybridized carbons (Fsp3) is 0.375. The fourth-order valence-electron chi connectivity index (χ4n) is 3.97. The highest BCUT2D eigenvalue weighted by molar-refractivity contribution is 5.77. The lowest BCUT2D eigenvalue weighted by atomic mass is 9.78. The van der Waals surface area contributed by atoms with Gasteiger partial charge in [-0.1, -0.05) is 27.4 Å². The van der Waals surface area contributed by atoms with Gasteiger partial charge in [-0.05, 0) is 60.7 Å². The SMILES string of the molecule is C=C(C)c1cn2c(cc1=O)-c1cc(OC)c(/C(C)=C/N)cc1CC2C(C)(C)C. The first kappa shape index (κ1) is 20.0. The normalized spacial score (nSPS) is 16.4. The van der Waals surface area contributed by atoms with Crippen LogP contribution in [0.2, 0.25) is 0 Å². The molecule has 0 aliphatic carbocycles. The summed E-state index contributed by atoms with van der Waals surface area (Å²) >= 11 is 0. The van der Waals surface area contributed by atoms with Gasteiger partial charge in [-0.15, -0.1) is 0 Å². The molecule has 2 aromatic rings. The highest BCUT2D eigenvalue weighted by Crippen LogP contribution is 2.45. The maximum atomic E-state index is 12.7. The molecule has 3 rings (SSSR count). The van der Waals surface area contributed by atoms with Crippen molar-refractivity contribution in [3.05, 3.63) is 64.1 Å². The molecular weight excluding hydrogens is 348 g/mol. The first-order valence-corrected chi connectivity index (χ1v) is 9.60. The van der Waals surface area contributed by atoms with E-state index in [2.05, 4.69) is 38.0 Å². The number of rotatable bonds is 3. The van der Waals surface area contributed by atoms with E-state index in [4.69, 9.17) is 10.5 Å².